The highest BCUT2D eigenvalue weighted by Gasteiger charge is 2.21. The Balaban J connectivity index is 2.85. The zero-order valence-corrected chi connectivity index (χ0v) is 14.8. The SMILES string of the molecule is CCOC(=O)/C(Cl)=N/Nc1ccc(S(=O)(=O)N(CC)CC)cc1. The molecule has 0 heterocycles. The zero-order chi connectivity index (χ0) is 17.5. The van der Waals surface area contributed by atoms with E-state index in [-0.39, 0.29) is 16.7 Å². The number of halogens is 1. The minimum Gasteiger partial charge on any atom is -0.461 e. The van der Waals surface area contributed by atoms with E-state index in [0.717, 1.165) is 0 Å². The Labute approximate surface area is 141 Å². The second-order valence-electron chi connectivity index (χ2n) is 4.35. The first-order valence-electron chi connectivity index (χ1n) is 7.13. The third-order valence-electron chi connectivity index (χ3n) is 2.92. The summed E-state index contributed by atoms with van der Waals surface area (Å²) in [6, 6.07) is 6.00. The second-order valence-corrected chi connectivity index (χ2v) is 6.64. The van der Waals surface area contributed by atoms with E-state index < -0.39 is 16.0 Å². The van der Waals surface area contributed by atoms with Gasteiger partial charge in [-0.05, 0) is 31.2 Å². The van der Waals surface area contributed by atoms with Gasteiger partial charge in [-0.3, -0.25) is 5.43 Å². The molecule has 1 aromatic rings. The van der Waals surface area contributed by atoms with Crippen LogP contribution in [0, 0.1) is 0 Å². The van der Waals surface area contributed by atoms with Gasteiger partial charge >= 0.3 is 5.97 Å². The van der Waals surface area contributed by atoms with Crippen molar-refractivity contribution >= 4 is 38.5 Å². The van der Waals surface area contributed by atoms with Crippen LogP contribution in [-0.4, -0.2) is 43.6 Å². The maximum Gasteiger partial charge on any atom is 0.370 e. The minimum absolute atomic E-state index is 0.187. The lowest BCUT2D eigenvalue weighted by Gasteiger charge is -2.18. The van der Waals surface area contributed by atoms with Crippen LogP contribution < -0.4 is 5.43 Å². The third-order valence-corrected chi connectivity index (χ3v) is 5.23. The maximum absolute atomic E-state index is 12.3. The lowest BCUT2D eigenvalue weighted by molar-refractivity contribution is -0.134. The Morgan fingerprint density at radius 2 is 1.78 bits per heavy atom. The van der Waals surface area contributed by atoms with Crippen molar-refractivity contribution < 1.29 is 17.9 Å². The maximum atomic E-state index is 12.3. The molecule has 0 bridgehead atoms. The number of nitrogens with one attached hydrogen (secondary N) is 1. The Bertz CT molecular complexity index is 655. The summed E-state index contributed by atoms with van der Waals surface area (Å²) in [5, 5.41) is 3.33. The number of esters is 1. The van der Waals surface area contributed by atoms with E-state index in [9.17, 15) is 13.2 Å². The van der Waals surface area contributed by atoms with Crippen LogP contribution in [0.3, 0.4) is 0 Å². The first-order chi connectivity index (χ1) is 10.9. The van der Waals surface area contributed by atoms with Crippen LogP contribution >= 0.6 is 11.6 Å². The van der Waals surface area contributed by atoms with Crippen molar-refractivity contribution in [3.63, 3.8) is 0 Å². The van der Waals surface area contributed by atoms with Gasteiger partial charge in [-0.1, -0.05) is 25.4 Å². The van der Waals surface area contributed by atoms with Crippen LogP contribution in [0.15, 0.2) is 34.3 Å². The number of anilines is 1. The molecule has 0 saturated carbocycles. The molecule has 0 spiro atoms. The highest BCUT2D eigenvalue weighted by atomic mass is 35.5. The van der Waals surface area contributed by atoms with E-state index in [1.807, 2.05) is 0 Å². The topological polar surface area (TPSA) is 88.1 Å². The fourth-order valence-corrected chi connectivity index (χ4v) is 3.32. The fraction of sp³-hybridized carbons (Fsp3) is 0.429. The predicted molar refractivity (Wildman–Crippen MR) is 90.1 cm³/mol. The number of benzene rings is 1. The summed E-state index contributed by atoms with van der Waals surface area (Å²) < 4.78 is 30.7. The molecule has 0 amide bonds. The van der Waals surface area contributed by atoms with Gasteiger partial charge in [-0.2, -0.15) is 9.41 Å². The number of hydrogen-bond acceptors (Lipinski definition) is 6. The number of hydrogen-bond donors (Lipinski definition) is 1. The molecule has 1 aromatic carbocycles. The number of sulfonamides is 1. The lowest BCUT2D eigenvalue weighted by Crippen LogP contribution is -2.30. The quantitative estimate of drug-likeness (QED) is 0.436. The van der Waals surface area contributed by atoms with Crippen molar-refractivity contribution in [1.29, 1.82) is 0 Å². The van der Waals surface area contributed by atoms with Gasteiger partial charge in [0.05, 0.1) is 17.2 Å². The molecule has 1 N–H and O–H groups in total. The van der Waals surface area contributed by atoms with Crippen LogP contribution in [-0.2, 0) is 19.6 Å². The monoisotopic (exact) mass is 361 g/mol. The van der Waals surface area contributed by atoms with Gasteiger partial charge in [0, 0.05) is 13.1 Å². The average Bonchev–Trinajstić information content (AvgIpc) is 2.54. The molecule has 0 aliphatic rings. The van der Waals surface area contributed by atoms with E-state index in [1.165, 1.54) is 28.6 Å². The molecule has 0 atom stereocenters. The molecular formula is C14H20ClN3O4S. The molecule has 1 rings (SSSR count). The minimum atomic E-state index is -3.50. The Hall–Kier alpha value is -1.64. The zero-order valence-electron chi connectivity index (χ0n) is 13.2. The number of carbonyl (C=O) groups excluding carboxylic acids is 1. The van der Waals surface area contributed by atoms with Gasteiger partial charge in [-0.25, -0.2) is 13.2 Å². The third kappa shape index (κ3) is 5.19. The predicted octanol–water partition coefficient (Wildman–Crippen LogP) is 2.24. The molecule has 9 heteroatoms. The molecule has 7 nitrogen and oxygen atoms in total. The Morgan fingerprint density at radius 1 is 1.22 bits per heavy atom. The van der Waals surface area contributed by atoms with Crippen LogP contribution in [0.1, 0.15) is 20.8 Å². The van der Waals surface area contributed by atoms with Crippen molar-refractivity contribution in [3.8, 4) is 0 Å². The number of hydrazone groups is 1. The molecule has 0 saturated heterocycles. The van der Waals surface area contributed by atoms with Crippen molar-refractivity contribution in [2.75, 3.05) is 25.1 Å². The largest absolute Gasteiger partial charge is 0.461 e. The van der Waals surface area contributed by atoms with E-state index in [0.29, 0.717) is 18.8 Å². The number of ether oxygens (including phenoxy) is 1. The van der Waals surface area contributed by atoms with E-state index in [2.05, 4.69) is 15.3 Å². The van der Waals surface area contributed by atoms with Gasteiger partial charge in [0.15, 0.2) is 0 Å². The molecule has 0 aliphatic carbocycles. The van der Waals surface area contributed by atoms with Gasteiger partial charge in [0.2, 0.25) is 15.2 Å². The molecule has 0 fully saturated rings. The van der Waals surface area contributed by atoms with Crippen LogP contribution in [0.2, 0.25) is 0 Å². The Kier molecular flexibility index (Phi) is 7.47. The van der Waals surface area contributed by atoms with Crippen LogP contribution in [0.5, 0.6) is 0 Å². The van der Waals surface area contributed by atoms with Crippen molar-refractivity contribution in [3.05, 3.63) is 24.3 Å². The summed E-state index contributed by atoms with van der Waals surface area (Å²) in [5.74, 6) is -0.734. The van der Waals surface area contributed by atoms with Crippen molar-refractivity contribution in [1.82, 2.24) is 4.31 Å². The smallest absolute Gasteiger partial charge is 0.370 e. The summed E-state index contributed by atoms with van der Waals surface area (Å²) in [4.78, 5) is 11.5. The molecule has 128 valence electrons. The van der Waals surface area contributed by atoms with Crippen molar-refractivity contribution in [2.45, 2.75) is 25.7 Å². The summed E-state index contributed by atoms with van der Waals surface area (Å²) in [6.07, 6.45) is 0. The number of rotatable bonds is 8. The molecule has 0 aromatic heterocycles. The highest BCUT2D eigenvalue weighted by molar-refractivity contribution is 7.89. The first-order valence-corrected chi connectivity index (χ1v) is 8.95. The Morgan fingerprint density at radius 3 is 2.26 bits per heavy atom. The highest BCUT2D eigenvalue weighted by Crippen LogP contribution is 2.18. The van der Waals surface area contributed by atoms with Gasteiger partial charge in [-0.15, -0.1) is 0 Å². The van der Waals surface area contributed by atoms with Gasteiger partial charge < -0.3 is 4.74 Å². The van der Waals surface area contributed by atoms with Crippen LogP contribution in [0.4, 0.5) is 5.69 Å². The first kappa shape index (κ1) is 19.4. The summed E-state index contributed by atoms with van der Waals surface area (Å²) >= 11 is 5.65. The summed E-state index contributed by atoms with van der Waals surface area (Å²) in [7, 11) is -3.50. The van der Waals surface area contributed by atoms with Crippen molar-refractivity contribution in [2.24, 2.45) is 5.10 Å². The van der Waals surface area contributed by atoms with Crippen LogP contribution in [0.25, 0.3) is 0 Å². The molecule has 23 heavy (non-hydrogen) atoms. The van der Waals surface area contributed by atoms with E-state index in [1.54, 1.807) is 20.8 Å². The summed E-state index contributed by atoms with van der Waals surface area (Å²) in [6.45, 7) is 6.22. The second kappa shape index (κ2) is 8.85. The van der Waals surface area contributed by atoms with Gasteiger partial charge in [0.25, 0.3) is 0 Å². The summed E-state index contributed by atoms with van der Waals surface area (Å²) in [5.41, 5.74) is 3.06. The standard InChI is InChI=1S/C14H20ClN3O4S/c1-4-18(5-2)23(20,21)12-9-7-11(8-10-12)16-17-13(15)14(19)22-6-3/h7-10,16H,4-6H2,1-3H3/b17-13-. The molecule has 0 aliphatic heterocycles. The average molecular weight is 362 g/mol. The number of nitrogens with zero attached hydrogens (tertiary/aromatic N) is 2. The molecular weight excluding hydrogens is 342 g/mol. The molecule has 0 radical (unpaired) electrons. The van der Waals surface area contributed by atoms with Gasteiger partial charge in [0.1, 0.15) is 0 Å². The lowest BCUT2D eigenvalue weighted by atomic mass is 10.3. The normalized spacial score (nSPS) is 12.3. The van der Waals surface area contributed by atoms with E-state index >= 15 is 0 Å². The van der Waals surface area contributed by atoms with E-state index in [4.69, 9.17) is 11.6 Å². The molecule has 0 unspecified atom stereocenters. The fourth-order valence-electron chi connectivity index (χ4n) is 1.76. The number of carbonyl (C=O) groups is 1.